The van der Waals surface area contributed by atoms with Crippen LogP contribution in [0.2, 0.25) is 0 Å². The van der Waals surface area contributed by atoms with Gasteiger partial charge in [-0.15, -0.1) is 0 Å². The molecule has 0 spiro atoms. The number of hydrogen-bond donors (Lipinski definition) is 2. The van der Waals surface area contributed by atoms with Gasteiger partial charge in [0.05, 0.1) is 0 Å². The molecular formula is C14H17N3O. The lowest BCUT2D eigenvalue weighted by molar-refractivity contribution is -0.120. The summed E-state index contributed by atoms with van der Waals surface area (Å²) in [6, 6.07) is 7.37. The molecule has 1 aromatic heterocycles. The second-order valence-electron chi connectivity index (χ2n) is 4.24. The highest BCUT2D eigenvalue weighted by Crippen LogP contribution is 2.22. The summed E-state index contributed by atoms with van der Waals surface area (Å²) in [5.74, 6) is -0.374. The number of hydrogen-bond acceptors (Lipinski definition) is 3. The fourth-order valence-corrected chi connectivity index (χ4v) is 2.02. The zero-order valence-electron chi connectivity index (χ0n) is 10.4. The molecule has 0 aliphatic rings. The van der Waals surface area contributed by atoms with E-state index in [4.69, 9.17) is 5.73 Å². The van der Waals surface area contributed by atoms with Gasteiger partial charge >= 0.3 is 0 Å². The predicted octanol–water partition coefficient (Wildman–Crippen LogP) is 1.76. The van der Waals surface area contributed by atoms with Crippen LogP contribution in [0.1, 0.15) is 24.9 Å². The summed E-state index contributed by atoms with van der Waals surface area (Å²) in [6.07, 6.45) is 4.44. The lowest BCUT2D eigenvalue weighted by atomic mass is 10.0. The Morgan fingerprint density at radius 3 is 2.89 bits per heavy atom. The number of pyridine rings is 1. The fourth-order valence-electron chi connectivity index (χ4n) is 2.02. The predicted molar refractivity (Wildman–Crippen MR) is 72.0 cm³/mol. The Morgan fingerprint density at radius 2 is 2.17 bits per heavy atom. The minimum atomic E-state index is -0.483. The van der Waals surface area contributed by atoms with Gasteiger partial charge in [0.2, 0.25) is 5.91 Å². The molecule has 4 heteroatoms. The first kappa shape index (κ1) is 12.5. The smallest absolute Gasteiger partial charge is 0.239 e. The van der Waals surface area contributed by atoms with Crippen LogP contribution < -0.4 is 11.1 Å². The molecule has 1 amide bonds. The topological polar surface area (TPSA) is 68.0 Å². The number of primary amides is 1. The van der Waals surface area contributed by atoms with Crippen molar-refractivity contribution in [3.05, 3.63) is 42.2 Å². The first-order valence-electron chi connectivity index (χ1n) is 6.09. The highest BCUT2D eigenvalue weighted by Gasteiger charge is 2.19. The van der Waals surface area contributed by atoms with Gasteiger partial charge in [-0.2, -0.15) is 0 Å². The van der Waals surface area contributed by atoms with E-state index < -0.39 is 6.04 Å². The number of benzene rings is 1. The molecule has 0 radical (unpaired) electrons. The van der Waals surface area contributed by atoms with Gasteiger partial charge in [0.15, 0.2) is 0 Å². The Bertz CT molecular complexity index is 548. The second-order valence-corrected chi connectivity index (χ2v) is 4.24. The summed E-state index contributed by atoms with van der Waals surface area (Å²) >= 11 is 0. The first-order valence-corrected chi connectivity index (χ1v) is 6.09. The van der Waals surface area contributed by atoms with Crippen molar-refractivity contribution in [2.24, 2.45) is 5.73 Å². The van der Waals surface area contributed by atoms with Crippen molar-refractivity contribution in [1.29, 1.82) is 0 Å². The third kappa shape index (κ3) is 2.49. The summed E-state index contributed by atoms with van der Waals surface area (Å²) in [6.45, 7) is 2.79. The molecule has 1 aromatic carbocycles. The van der Waals surface area contributed by atoms with Crippen LogP contribution in [0.5, 0.6) is 0 Å². The zero-order valence-corrected chi connectivity index (χ0v) is 10.4. The lowest BCUT2D eigenvalue weighted by Gasteiger charge is -2.16. The van der Waals surface area contributed by atoms with E-state index in [0.717, 1.165) is 29.3 Å². The number of nitrogens with two attached hydrogens (primary N) is 1. The maximum atomic E-state index is 11.6. The first-order chi connectivity index (χ1) is 8.74. The average Bonchev–Trinajstić information content (AvgIpc) is 2.39. The number of rotatable bonds is 5. The Labute approximate surface area is 106 Å². The molecule has 0 saturated carbocycles. The van der Waals surface area contributed by atoms with Crippen molar-refractivity contribution in [3.8, 4) is 0 Å². The van der Waals surface area contributed by atoms with E-state index in [1.165, 1.54) is 0 Å². The Balaban J connectivity index is 2.46. The van der Waals surface area contributed by atoms with Crippen LogP contribution in [0.3, 0.4) is 0 Å². The van der Waals surface area contributed by atoms with Crippen LogP contribution >= 0.6 is 0 Å². The van der Waals surface area contributed by atoms with Gasteiger partial charge in [-0.25, -0.2) is 0 Å². The van der Waals surface area contributed by atoms with Gasteiger partial charge in [0.1, 0.15) is 6.04 Å². The van der Waals surface area contributed by atoms with Crippen molar-refractivity contribution in [1.82, 2.24) is 10.3 Å². The van der Waals surface area contributed by atoms with Crippen LogP contribution in [0.25, 0.3) is 10.8 Å². The Kier molecular flexibility index (Phi) is 3.89. The molecule has 0 aliphatic heterocycles. The van der Waals surface area contributed by atoms with E-state index in [1.807, 2.05) is 31.2 Å². The molecule has 0 bridgehead atoms. The monoisotopic (exact) mass is 243 g/mol. The molecule has 4 nitrogen and oxygen atoms in total. The molecule has 1 atom stereocenters. The third-order valence-electron chi connectivity index (χ3n) is 2.89. The van der Waals surface area contributed by atoms with E-state index in [2.05, 4.69) is 10.3 Å². The Morgan fingerprint density at radius 1 is 1.39 bits per heavy atom. The fraction of sp³-hybridized carbons (Fsp3) is 0.286. The van der Waals surface area contributed by atoms with Crippen LogP contribution in [0.15, 0.2) is 36.7 Å². The van der Waals surface area contributed by atoms with E-state index >= 15 is 0 Å². The number of nitrogens with one attached hydrogen (secondary N) is 1. The molecule has 0 aliphatic carbocycles. The number of amides is 1. The van der Waals surface area contributed by atoms with Gasteiger partial charge in [0.25, 0.3) is 0 Å². The molecule has 18 heavy (non-hydrogen) atoms. The summed E-state index contributed by atoms with van der Waals surface area (Å²) < 4.78 is 0. The van der Waals surface area contributed by atoms with Crippen LogP contribution in [-0.2, 0) is 4.79 Å². The molecule has 94 valence electrons. The highest BCUT2D eigenvalue weighted by molar-refractivity contribution is 5.91. The maximum absolute atomic E-state index is 11.6. The quantitative estimate of drug-likeness (QED) is 0.840. The molecule has 0 saturated heterocycles. The van der Waals surface area contributed by atoms with Gasteiger partial charge < -0.3 is 11.1 Å². The van der Waals surface area contributed by atoms with Crippen molar-refractivity contribution >= 4 is 16.7 Å². The highest BCUT2D eigenvalue weighted by atomic mass is 16.1. The molecule has 1 unspecified atom stereocenters. The lowest BCUT2D eigenvalue weighted by Crippen LogP contribution is -2.34. The van der Waals surface area contributed by atoms with Crippen LogP contribution in [-0.4, -0.2) is 17.4 Å². The molecule has 0 fully saturated rings. The number of nitrogens with zero attached hydrogens (tertiary/aromatic N) is 1. The zero-order chi connectivity index (χ0) is 13.0. The van der Waals surface area contributed by atoms with Gasteiger partial charge in [-0.3, -0.25) is 9.78 Å². The van der Waals surface area contributed by atoms with Gasteiger partial charge in [-0.1, -0.05) is 31.2 Å². The normalized spacial score (nSPS) is 12.5. The van der Waals surface area contributed by atoms with Crippen LogP contribution in [0.4, 0.5) is 0 Å². The van der Waals surface area contributed by atoms with Crippen molar-refractivity contribution < 1.29 is 4.79 Å². The maximum Gasteiger partial charge on any atom is 0.239 e. The molecular weight excluding hydrogens is 226 g/mol. The van der Waals surface area contributed by atoms with Gasteiger partial charge in [-0.05, 0) is 18.4 Å². The third-order valence-corrected chi connectivity index (χ3v) is 2.89. The van der Waals surface area contributed by atoms with E-state index in [-0.39, 0.29) is 5.91 Å². The number of fused-ring (bicyclic) bond motifs is 1. The number of carbonyl (C=O) groups excluding carboxylic acids is 1. The van der Waals surface area contributed by atoms with Crippen molar-refractivity contribution in [2.75, 3.05) is 6.54 Å². The molecule has 2 aromatic rings. The molecule has 2 rings (SSSR count). The molecule has 3 N–H and O–H groups in total. The number of aromatic nitrogens is 1. The summed E-state index contributed by atoms with van der Waals surface area (Å²) in [7, 11) is 0. The summed E-state index contributed by atoms with van der Waals surface area (Å²) in [4.78, 5) is 15.8. The molecule has 1 heterocycles. The van der Waals surface area contributed by atoms with Crippen LogP contribution in [0, 0.1) is 0 Å². The van der Waals surface area contributed by atoms with Gasteiger partial charge in [0, 0.05) is 23.3 Å². The minimum Gasteiger partial charge on any atom is -0.368 e. The van der Waals surface area contributed by atoms with Crippen molar-refractivity contribution in [3.63, 3.8) is 0 Å². The van der Waals surface area contributed by atoms with E-state index in [1.54, 1.807) is 12.4 Å². The second kappa shape index (κ2) is 5.60. The van der Waals surface area contributed by atoms with Crippen molar-refractivity contribution in [2.45, 2.75) is 19.4 Å². The SMILES string of the molecule is CCCNC(C(N)=O)c1cncc2ccccc12. The van der Waals surface area contributed by atoms with E-state index in [0.29, 0.717) is 0 Å². The number of carbonyl (C=O) groups is 1. The minimum absolute atomic E-state index is 0.374. The van der Waals surface area contributed by atoms with E-state index in [9.17, 15) is 4.79 Å². The summed E-state index contributed by atoms with van der Waals surface area (Å²) in [5, 5.41) is 5.19. The Hall–Kier alpha value is -1.94. The summed E-state index contributed by atoms with van der Waals surface area (Å²) in [5.41, 5.74) is 6.31. The standard InChI is InChI=1S/C14H17N3O/c1-2-7-17-13(14(15)18)12-9-16-8-10-5-3-4-6-11(10)12/h3-6,8-9,13,17H,2,7H2,1H3,(H2,15,18). The largest absolute Gasteiger partial charge is 0.368 e. The average molecular weight is 243 g/mol.